The second-order valence-corrected chi connectivity index (χ2v) is 6.40. The van der Waals surface area contributed by atoms with Crippen molar-refractivity contribution in [2.24, 2.45) is 0 Å². The molecule has 110 valence electrons. The molecule has 2 fully saturated rings. The molecule has 1 N–H and O–H groups in total. The summed E-state index contributed by atoms with van der Waals surface area (Å²) in [6.45, 7) is 1.45. The molecule has 2 atom stereocenters. The van der Waals surface area contributed by atoms with Crippen LogP contribution in [0.3, 0.4) is 0 Å². The van der Waals surface area contributed by atoms with Crippen LogP contribution < -0.4 is 4.90 Å². The molecule has 1 aromatic carbocycles. The summed E-state index contributed by atoms with van der Waals surface area (Å²) >= 11 is 0. The standard InChI is InChI=1S/C16H24N2O2/c1-17(2)13-6-4-5-12(7-13)16(19)8-14-10-20-11-15(9-16)18(14)3/h4-7,14-15,19H,8-11H2,1-3H3. The van der Waals surface area contributed by atoms with E-state index in [0.29, 0.717) is 12.1 Å². The van der Waals surface area contributed by atoms with Crippen LogP contribution in [0.5, 0.6) is 0 Å². The van der Waals surface area contributed by atoms with Crippen molar-refractivity contribution in [3.8, 4) is 0 Å². The van der Waals surface area contributed by atoms with Gasteiger partial charge in [-0.25, -0.2) is 0 Å². The Bertz CT molecular complexity index is 475. The summed E-state index contributed by atoms with van der Waals surface area (Å²) in [6, 6.07) is 8.90. The molecule has 4 heteroatoms. The summed E-state index contributed by atoms with van der Waals surface area (Å²) in [5, 5.41) is 11.2. The third-order valence-electron chi connectivity index (χ3n) is 4.82. The van der Waals surface area contributed by atoms with Gasteiger partial charge in [0.25, 0.3) is 0 Å². The first-order valence-corrected chi connectivity index (χ1v) is 7.29. The molecule has 0 spiro atoms. The first kappa shape index (κ1) is 13.9. The van der Waals surface area contributed by atoms with Gasteiger partial charge in [-0.3, -0.25) is 4.90 Å². The number of nitrogens with zero attached hydrogens (tertiary/aromatic N) is 2. The predicted molar refractivity (Wildman–Crippen MR) is 80.1 cm³/mol. The Morgan fingerprint density at radius 1 is 1.25 bits per heavy atom. The van der Waals surface area contributed by atoms with E-state index < -0.39 is 5.60 Å². The van der Waals surface area contributed by atoms with Gasteiger partial charge in [-0.05, 0) is 37.6 Å². The number of morpholine rings is 1. The number of fused-ring (bicyclic) bond motifs is 2. The number of ether oxygens (including phenoxy) is 1. The SMILES string of the molecule is CN(C)c1cccc(C2(O)CC3COCC(C2)N3C)c1. The molecular formula is C16H24N2O2. The van der Waals surface area contributed by atoms with Crippen molar-refractivity contribution < 1.29 is 9.84 Å². The molecule has 2 saturated heterocycles. The highest BCUT2D eigenvalue weighted by Crippen LogP contribution is 2.40. The first-order chi connectivity index (χ1) is 9.49. The molecular weight excluding hydrogens is 252 g/mol. The molecule has 0 aromatic heterocycles. The van der Waals surface area contributed by atoms with Crippen LogP contribution in [0.2, 0.25) is 0 Å². The van der Waals surface area contributed by atoms with Gasteiger partial charge in [0.05, 0.1) is 18.8 Å². The zero-order valence-electron chi connectivity index (χ0n) is 12.5. The van der Waals surface area contributed by atoms with Crippen molar-refractivity contribution in [3.63, 3.8) is 0 Å². The van der Waals surface area contributed by atoms with Crippen LogP contribution in [-0.4, -0.2) is 56.4 Å². The molecule has 2 heterocycles. The van der Waals surface area contributed by atoms with Crippen LogP contribution >= 0.6 is 0 Å². The minimum absolute atomic E-state index is 0.315. The van der Waals surface area contributed by atoms with E-state index >= 15 is 0 Å². The van der Waals surface area contributed by atoms with E-state index in [1.165, 1.54) is 0 Å². The molecule has 0 aliphatic carbocycles. The third-order valence-corrected chi connectivity index (χ3v) is 4.82. The molecule has 3 rings (SSSR count). The number of likely N-dealkylation sites (N-methyl/N-ethyl adjacent to an activating group) is 1. The highest BCUT2D eigenvalue weighted by Gasteiger charge is 2.45. The predicted octanol–water partition coefficient (Wildman–Crippen LogP) is 1.43. The number of benzene rings is 1. The minimum Gasteiger partial charge on any atom is -0.385 e. The monoisotopic (exact) mass is 276 g/mol. The first-order valence-electron chi connectivity index (χ1n) is 7.29. The van der Waals surface area contributed by atoms with Crippen molar-refractivity contribution in [2.75, 3.05) is 39.3 Å². The Labute approximate surface area is 120 Å². The Balaban J connectivity index is 1.91. The fourth-order valence-corrected chi connectivity index (χ4v) is 3.45. The van der Waals surface area contributed by atoms with Crippen LogP contribution in [0, 0.1) is 0 Å². The molecule has 4 nitrogen and oxygen atoms in total. The fraction of sp³-hybridized carbons (Fsp3) is 0.625. The lowest BCUT2D eigenvalue weighted by atomic mass is 9.77. The normalized spacial score (nSPS) is 34.0. The Morgan fingerprint density at radius 2 is 1.90 bits per heavy atom. The Morgan fingerprint density at radius 3 is 2.50 bits per heavy atom. The molecule has 1 aromatic rings. The van der Waals surface area contributed by atoms with Crippen LogP contribution in [0.4, 0.5) is 5.69 Å². The average Bonchev–Trinajstić information content (AvgIpc) is 2.41. The van der Waals surface area contributed by atoms with Gasteiger partial charge in [-0.2, -0.15) is 0 Å². The molecule has 2 bridgehead atoms. The van der Waals surface area contributed by atoms with Crippen molar-refractivity contribution in [1.29, 1.82) is 0 Å². The lowest BCUT2D eigenvalue weighted by Crippen LogP contribution is -2.59. The zero-order chi connectivity index (χ0) is 14.3. The molecule has 2 aliphatic heterocycles. The zero-order valence-corrected chi connectivity index (χ0v) is 12.5. The van der Waals surface area contributed by atoms with Crippen LogP contribution in [-0.2, 0) is 10.3 Å². The summed E-state index contributed by atoms with van der Waals surface area (Å²) in [6.07, 6.45) is 1.49. The molecule has 2 aliphatic rings. The molecule has 2 unspecified atom stereocenters. The lowest BCUT2D eigenvalue weighted by Gasteiger charge is -2.50. The van der Waals surface area contributed by atoms with E-state index in [0.717, 1.165) is 37.3 Å². The van der Waals surface area contributed by atoms with E-state index in [1.807, 2.05) is 20.2 Å². The molecule has 0 radical (unpaired) electrons. The van der Waals surface area contributed by atoms with Crippen LogP contribution in [0.1, 0.15) is 18.4 Å². The maximum Gasteiger partial charge on any atom is 0.0928 e. The van der Waals surface area contributed by atoms with E-state index in [1.54, 1.807) is 0 Å². The maximum absolute atomic E-state index is 11.2. The number of rotatable bonds is 2. The number of anilines is 1. The van der Waals surface area contributed by atoms with Crippen LogP contribution in [0.25, 0.3) is 0 Å². The highest BCUT2D eigenvalue weighted by atomic mass is 16.5. The largest absolute Gasteiger partial charge is 0.385 e. The molecule has 20 heavy (non-hydrogen) atoms. The average molecular weight is 276 g/mol. The Hall–Kier alpha value is -1.10. The van der Waals surface area contributed by atoms with Crippen molar-refractivity contribution in [3.05, 3.63) is 29.8 Å². The molecule has 0 amide bonds. The second kappa shape index (κ2) is 5.02. The quantitative estimate of drug-likeness (QED) is 0.886. The minimum atomic E-state index is -0.725. The van der Waals surface area contributed by atoms with Crippen molar-refractivity contribution >= 4 is 5.69 Å². The van der Waals surface area contributed by atoms with Crippen molar-refractivity contribution in [1.82, 2.24) is 4.90 Å². The van der Waals surface area contributed by atoms with Gasteiger partial charge in [-0.15, -0.1) is 0 Å². The van der Waals surface area contributed by atoms with Crippen LogP contribution in [0.15, 0.2) is 24.3 Å². The number of hydrogen-bond acceptors (Lipinski definition) is 4. The smallest absolute Gasteiger partial charge is 0.0928 e. The highest BCUT2D eigenvalue weighted by molar-refractivity contribution is 5.48. The second-order valence-electron chi connectivity index (χ2n) is 6.40. The number of piperidine rings is 1. The summed E-state index contributed by atoms with van der Waals surface area (Å²) < 4.78 is 5.64. The van der Waals surface area contributed by atoms with Gasteiger partial charge in [0, 0.05) is 31.9 Å². The summed E-state index contributed by atoms with van der Waals surface area (Å²) in [4.78, 5) is 4.44. The van der Waals surface area contributed by atoms with Gasteiger partial charge in [0.2, 0.25) is 0 Å². The maximum atomic E-state index is 11.2. The number of aliphatic hydroxyl groups is 1. The van der Waals surface area contributed by atoms with E-state index in [9.17, 15) is 5.11 Å². The third kappa shape index (κ3) is 2.32. The van der Waals surface area contributed by atoms with Gasteiger partial charge in [-0.1, -0.05) is 12.1 Å². The van der Waals surface area contributed by atoms with Crippen molar-refractivity contribution in [2.45, 2.75) is 30.5 Å². The summed E-state index contributed by atoms with van der Waals surface area (Å²) in [7, 11) is 6.20. The number of hydrogen-bond donors (Lipinski definition) is 1. The van der Waals surface area contributed by atoms with Gasteiger partial charge in [0.1, 0.15) is 0 Å². The van der Waals surface area contributed by atoms with E-state index in [2.05, 4.69) is 35.0 Å². The van der Waals surface area contributed by atoms with Gasteiger partial charge >= 0.3 is 0 Å². The van der Waals surface area contributed by atoms with Gasteiger partial charge < -0.3 is 14.7 Å². The summed E-state index contributed by atoms with van der Waals surface area (Å²) in [5.41, 5.74) is 1.45. The topological polar surface area (TPSA) is 35.9 Å². The summed E-state index contributed by atoms with van der Waals surface area (Å²) in [5.74, 6) is 0. The van der Waals surface area contributed by atoms with E-state index in [-0.39, 0.29) is 0 Å². The van der Waals surface area contributed by atoms with E-state index in [4.69, 9.17) is 4.74 Å². The van der Waals surface area contributed by atoms with Gasteiger partial charge in [0.15, 0.2) is 0 Å². The fourth-order valence-electron chi connectivity index (χ4n) is 3.45. The molecule has 0 saturated carbocycles. The lowest BCUT2D eigenvalue weighted by molar-refractivity contribution is -0.137. The Kier molecular flexibility index (Phi) is 3.48.